The lowest BCUT2D eigenvalue weighted by atomic mass is 10.1. The number of methoxy groups -OCH3 is 1. The molecule has 0 aliphatic heterocycles. The summed E-state index contributed by atoms with van der Waals surface area (Å²) in [7, 11) is 1.64. The van der Waals surface area contributed by atoms with E-state index in [1.165, 1.54) is 5.56 Å². The van der Waals surface area contributed by atoms with Crippen LogP contribution in [0.25, 0.3) is 0 Å². The first-order valence-electron chi connectivity index (χ1n) is 8.90. The summed E-state index contributed by atoms with van der Waals surface area (Å²) >= 11 is 6.23. The van der Waals surface area contributed by atoms with Gasteiger partial charge >= 0.3 is 0 Å². The third-order valence-corrected chi connectivity index (χ3v) is 4.34. The molecule has 0 spiro atoms. The van der Waals surface area contributed by atoms with Crippen LogP contribution in [0.15, 0.2) is 42.5 Å². The largest absolute Gasteiger partial charge is 0.493 e. The normalized spacial score (nSPS) is 12.0. The van der Waals surface area contributed by atoms with E-state index in [9.17, 15) is 0 Å². The van der Waals surface area contributed by atoms with Gasteiger partial charge in [0.15, 0.2) is 11.5 Å². The molecule has 0 aliphatic carbocycles. The van der Waals surface area contributed by atoms with E-state index in [4.69, 9.17) is 21.1 Å². The number of hydrogen-bond acceptors (Lipinski definition) is 3. The molecule has 25 heavy (non-hydrogen) atoms. The number of benzene rings is 2. The van der Waals surface area contributed by atoms with Crippen molar-refractivity contribution < 1.29 is 9.47 Å². The Morgan fingerprint density at radius 3 is 2.60 bits per heavy atom. The predicted octanol–water partition coefficient (Wildman–Crippen LogP) is 5.25. The number of ether oxygens (including phenoxy) is 2. The number of aryl methyl sites for hydroxylation is 1. The highest BCUT2D eigenvalue weighted by atomic mass is 35.5. The van der Waals surface area contributed by atoms with Gasteiger partial charge in [-0.25, -0.2) is 0 Å². The maximum Gasteiger partial charge on any atom is 0.165 e. The van der Waals surface area contributed by atoms with Gasteiger partial charge in [-0.1, -0.05) is 48.9 Å². The zero-order valence-electron chi connectivity index (χ0n) is 15.3. The third kappa shape index (κ3) is 6.26. The van der Waals surface area contributed by atoms with Crippen molar-refractivity contribution >= 4 is 11.6 Å². The molecule has 0 saturated carbocycles. The fourth-order valence-electron chi connectivity index (χ4n) is 2.69. The van der Waals surface area contributed by atoms with Gasteiger partial charge in [-0.2, -0.15) is 0 Å². The van der Waals surface area contributed by atoms with Crippen LogP contribution < -0.4 is 14.8 Å². The van der Waals surface area contributed by atoms with Crippen molar-refractivity contribution in [3.05, 3.63) is 58.6 Å². The molecule has 0 bridgehead atoms. The molecule has 2 rings (SSSR count). The molecule has 0 radical (unpaired) electrons. The van der Waals surface area contributed by atoms with Gasteiger partial charge < -0.3 is 14.8 Å². The van der Waals surface area contributed by atoms with Crippen molar-refractivity contribution in [1.82, 2.24) is 5.32 Å². The molecule has 2 aromatic carbocycles. The minimum atomic E-state index is 0.393. The highest BCUT2D eigenvalue weighted by Gasteiger charge is 2.13. The lowest BCUT2D eigenvalue weighted by Crippen LogP contribution is -2.26. The van der Waals surface area contributed by atoms with Crippen molar-refractivity contribution in [2.45, 2.75) is 45.7 Å². The molecule has 0 aliphatic rings. The summed E-state index contributed by atoms with van der Waals surface area (Å²) in [5, 5.41) is 4.23. The van der Waals surface area contributed by atoms with Gasteiger partial charge in [0, 0.05) is 29.2 Å². The molecule has 4 heteroatoms. The summed E-state index contributed by atoms with van der Waals surface area (Å²) in [5.74, 6) is 1.48. The highest BCUT2D eigenvalue weighted by molar-refractivity contribution is 6.30. The van der Waals surface area contributed by atoms with Crippen molar-refractivity contribution in [2.24, 2.45) is 0 Å². The van der Waals surface area contributed by atoms with Crippen LogP contribution in [0.4, 0.5) is 0 Å². The summed E-state index contributed by atoms with van der Waals surface area (Å²) in [6.45, 7) is 5.66. The molecule has 1 N–H and O–H groups in total. The second-order valence-electron chi connectivity index (χ2n) is 6.25. The van der Waals surface area contributed by atoms with E-state index in [1.807, 2.05) is 6.07 Å². The SMILES string of the molecule is CCCOc1c(CN[C@@H](C)CCc2ccccc2)cc(Cl)cc1OC. The summed E-state index contributed by atoms with van der Waals surface area (Å²) in [6, 6.07) is 14.7. The van der Waals surface area contributed by atoms with E-state index in [-0.39, 0.29) is 0 Å². The van der Waals surface area contributed by atoms with Crippen LogP contribution in [0.3, 0.4) is 0 Å². The minimum Gasteiger partial charge on any atom is -0.493 e. The Kier molecular flexibility index (Phi) is 8.10. The lowest BCUT2D eigenvalue weighted by molar-refractivity contribution is 0.290. The van der Waals surface area contributed by atoms with E-state index < -0.39 is 0 Å². The van der Waals surface area contributed by atoms with Gasteiger partial charge in [0.1, 0.15) is 0 Å². The average Bonchev–Trinajstić information content (AvgIpc) is 2.64. The van der Waals surface area contributed by atoms with Gasteiger partial charge in [-0.15, -0.1) is 0 Å². The Morgan fingerprint density at radius 1 is 1.16 bits per heavy atom. The minimum absolute atomic E-state index is 0.393. The first-order valence-corrected chi connectivity index (χ1v) is 9.28. The fourth-order valence-corrected chi connectivity index (χ4v) is 2.92. The third-order valence-electron chi connectivity index (χ3n) is 4.12. The number of nitrogens with one attached hydrogen (secondary N) is 1. The predicted molar refractivity (Wildman–Crippen MR) is 105 cm³/mol. The van der Waals surface area contributed by atoms with Gasteiger partial charge in [0.05, 0.1) is 13.7 Å². The quantitative estimate of drug-likeness (QED) is 0.627. The Bertz CT molecular complexity index is 646. The van der Waals surface area contributed by atoms with Crippen LogP contribution in [-0.4, -0.2) is 19.8 Å². The molecule has 0 saturated heterocycles. The summed E-state index contributed by atoms with van der Waals surface area (Å²) in [6.07, 6.45) is 3.09. The molecule has 0 unspecified atom stereocenters. The molecular formula is C21H28ClNO2. The second-order valence-corrected chi connectivity index (χ2v) is 6.69. The van der Waals surface area contributed by atoms with Crippen molar-refractivity contribution in [1.29, 1.82) is 0 Å². The van der Waals surface area contributed by atoms with Gasteiger partial charge in [0.2, 0.25) is 0 Å². The van der Waals surface area contributed by atoms with Crippen LogP contribution in [0.2, 0.25) is 5.02 Å². The molecule has 136 valence electrons. The van der Waals surface area contributed by atoms with E-state index in [1.54, 1.807) is 13.2 Å². The van der Waals surface area contributed by atoms with E-state index in [2.05, 4.69) is 49.5 Å². The lowest BCUT2D eigenvalue weighted by Gasteiger charge is -2.18. The summed E-state index contributed by atoms with van der Waals surface area (Å²) < 4.78 is 11.3. The Hall–Kier alpha value is -1.71. The van der Waals surface area contributed by atoms with E-state index >= 15 is 0 Å². The molecule has 1 atom stereocenters. The maximum atomic E-state index is 6.23. The molecule has 2 aromatic rings. The average molecular weight is 362 g/mol. The summed E-state index contributed by atoms with van der Waals surface area (Å²) in [4.78, 5) is 0. The highest BCUT2D eigenvalue weighted by Crippen LogP contribution is 2.35. The number of halogens is 1. The molecular weight excluding hydrogens is 334 g/mol. The fraction of sp³-hybridized carbons (Fsp3) is 0.429. The molecule has 0 aromatic heterocycles. The van der Waals surface area contributed by atoms with Gasteiger partial charge in [0.25, 0.3) is 0 Å². The van der Waals surface area contributed by atoms with Crippen LogP contribution in [0.5, 0.6) is 11.5 Å². The second kappa shape index (κ2) is 10.3. The van der Waals surface area contributed by atoms with Crippen molar-refractivity contribution in [2.75, 3.05) is 13.7 Å². The van der Waals surface area contributed by atoms with Crippen LogP contribution >= 0.6 is 11.6 Å². The smallest absolute Gasteiger partial charge is 0.165 e. The first-order chi connectivity index (χ1) is 12.1. The Balaban J connectivity index is 1.97. The topological polar surface area (TPSA) is 30.5 Å². The number of rotatable bonds is 10. The maximum absolute atomic E-state index is 6.23. The molecule has 0 amide bonds. The van der Waals surface area contributed by atoms with Crippen molar-refractivity contribution in [3.63, 3.8) is 0 Å². The Labute approximate surface area is 156 Å². The van der Waals surface area contributed by atoms with Gasteiger partial charge in [-0.05, 0) is 37.8 Å². The monoisotopic (exact) mass is 361 g/mol. The van der Waals surface area contributed by atoms with Crippen LogP contribution in [-0.2, 0) is 13.0 Å². The van der Waals surface area contributed by atoms with Gasteiger partial charge in [-0.3, -0.25) is 0 Å². The molecule has 3 nitrogen and oxygen atoms in total. The summed E-state index contributed by atoms with van der Waals surface area (Å²) in [5.41, 5.74) is 2.40. The Morgan fingerprint density at radius 2 is 1.92 bits per heavy atom. The first kappa shape index (κ1) is 19.6. The zero-order valence-corrected chi connectivity index (χ0v) is 16.1. The van der Waals surface area contributed by atoms with Crippen molar-refractivity contribution in [3.8, 4) is 11.5 Å². The zero-order chi connectivity index (χ0) is 18.1. The standard InChI is InChI=1S/C21H28ClNO2/c1-4-12-25-21-18(13-19(22)14-20(21)24-3)15-23-16(2)10-11-17-8-6-5-7-9-17/h5-9,13-14,16,23H,4,10-12,15H2,1-3H3/t16-/m0/s1. The van der Waals surface area contributed by atoms with E-state index in [0.717, 1.165) is 30.6 Å². The van der Waals surface area contributed by atoms with Crippen LogP contribution in [0, 0.1) is 0 Å². The molecule has 0 heterocycles. The van der Waals surface area contributed by atoms with E-state index in [0.29, 0.717) is 30.0 Å². The van der Waals surface area contributed by atoms with Crippen LogP contribution in [0.1, 0.15) is 37.8 Å². The molecule has 0 fully saturated rings. The number of hydrogen-bond donors (Lipinski definition) is 1.